The number of methoxy groups -OCH3 is 1. The lowest BCUT2D eigenvalue weighted by Gasteiger charge is -2.06. The molecule has 0 aliphatic heterocycles. The van der Waals surface area contributed by atoms with Gasteiger partial charge in [-0.05, 0) is 24.1 Å². The second-order valence-electron chi connectivity index (χ2n) is 3.97. The molecular weight excluding hydrogens is 252 g/mol. The molecule has 0 radical (unpaired) electrons. The maximum absolute atomic E-state index is 6.11. The van der Waals surface area contributed by atoms with Gasteiger partial charge in [-0.3, -0.25) is 0 Å². The van der Waals surface area contributed by atoms with Crippen molar-refractivity contribution < 1.29 is 9.26 Å². The first-order valence-electron chi connectivity index (χ1n) is 5.75. The zero-order valence-electron chi connectivity index (χ0n) is 10.4. The van der Waals surface area contributed by atoms with E-state index in [9.17, 15) is 0 Å². The van der Waals surface area contributed by atoms with Crippen molar-refractivity contribution in [2.24, 2.45) is 0 Å². The van der Waals surface area contributed by atoms with Gasteiger partial charge >= 0.3 is 0 Å². The van der Waals surface area contributed by atoms with E-state index in [1.54, 1.807) is 13.2 Å². The monoisotopic (exact) mass is 266 g/mol. The van der Waals surface area contributed by atoms with Gasteiger partial charge in [0.1, 0.15) is 5.75 Å². The minimum atomic E-state index is 0.319. The third-order valence-corrected chi connectivity index (χ3v) is 3.01. The fraction of sp³-hybridized carbons (Fsp3) is 0.308. The standard InChI is InChI=1S/C13H15ClN2O2/c1-3-4-10-12(13(15)18-16-10)8-5-6-11(17-2)9(14)7-8/h5-7H,3-4,15H2,1-2H3. The maximum Gasteiger partial charge on any atom is 0.230 e. The summed E-state index contributed by atoms with van der Waals surface area (Å²) in [6, 6.07) is 5.51. The summed E-state index contributed by atoms with van der Waals surface area (Å²) in [7, 11) is 1.58. The number of halogens is 1. The van der Waals surface area contributed by atoms with Crippen molar-refractivity contribution in [2.75, 3.05) is 12.8 Å². The van der Waals surface area contributed by atoms with E-state index >= 15 is 0 Å². The van der Waals surface area contributed by atoms with Gasteiger partial charge in [-0.15, -0.1) is 0 Å². The van der Waals surface area contributed by atoms with Crippen LogP contribution in [0.3, 0.4) is 0 Å². The van der Waals surface area contributed by atoms with E-state index in [4.69, 9.17) is 26.6 Å². The zero-order valence-corrected chi connectivity index (χ0v) is 11.1. The first-order valence-corrected chi connectivity index (χ1v) is 6.13. The van der Waals surface area contributed by atoms with Crippen LogP contribution in [0, 0.1) is 0 Å². The quantitative estimate of drug-likeness (QED) is 0.919. The average molecular weight is 267 g/mol. The van der Waals surface area contributed by atoms with Crippen molar-refractivity contribution in [3.05, 3.63) is 28.9 Å². The Balaban J connectivity index is 2.48. The van der Waals surface area contributed by atoms with E-state index in [1.807, 2.05) is 12.1 Å². The lowest BCUT2D eigenvalue weighted by Crippen LogP contribution is -1.91. The highest BCUT2D eigenvalue weighted by Crippen LogP contribution is 2.35. The Morgan fingerprint density at radius 3 is 2.83 bits per heavy atom. The molecule has 2 aromatic rings. The van der Waals surface area contributed by atoms with Gasteiger partial charge < -0.3 is 15.0 Å². The van der Waals surface area contributed by atoms with E-state index in [2.05, 4.69) is 12.1 Å². The molecule has 1 aromatic heterocycles. The minimum absolute atomic E-state index is 0.319. The van der Waals surface area contributed by atoms with Crippen LogP contribution in [-0.4, -0.2) is 12.3 Å². The van der Waals surface area contributed by atoms with Gasteiger partial charge in [-0.25, -0.2) is 0 Å². The number of nitrogens with two attached hydrogens (primary N) is 1. The smallest absolute Gasteiger partial charge is 0.230 e. The first-order chi connectivity index (χ1) is 8.67. The Labute approximate surface area is 111 Å². The van der Waals surface area contributed by atoms with Gasteiger partial charge in [0.05, 0.1) is 23.4 Å². The van der Waals surface area contributed by atoms with E-state index in [-0.39, 0.29) is 0 Å². The largest absolute Gasteiger partial charge is 0.495 e. The van der Waals surface area contributed by atoms with Gasteiger partial charge in [0.25, 0.3) is 0 Å². The van der Waals surface area contributed by atoms with Crippen molar-refractivity contribution in [1.82, 2.24) is 5.16 Å². The fourth-order valence-corrected chi connectivity index (χ4v) is 2.13. The predicted octanol–water partition coefficient (Wildman–Crippen LogP) is 3.54. The van der Waals surface area contributed by atoms with Crippen LogP contribution in [-0.2, 0) is 6.42 Å². The Morgan fingerprint density at radius 2 is 2.22 bits per heavy atom. The summed E-state index contributed by atoms with van der Waals surface area (Å²) in [5.41, 5.74) is 8.39. The highest BCUT2D eigenvalue weighted by atomic mass is 35.5. The Bertz CT molecular complexity index is 552. The van der Waals surface area contributed by atoms with E-state index in [0.29, 0.717) is 16.7 Å². The number of anilines is 1. The van der Waals surface area contributed by atoms with Crippen LogP contribution in [0.2, 0.25) is 5.02 Å². The van der Waals surface area contributed by atoms with Gasteiger partial charge in [-0.1, -0.05) is 36.2 Å². The molecule has 0 atom stereocenters. The van der Waals surface area contributed by atoms with Gasteiger partial charge in [0, 0.05) is 0 Å². The highest BCUT2D eigenvalue weighted by molar-refractivity contribution is 6.32. The zero-order chi connectivity index (χ0) is 13.1. The lowest BCUT2D eigenvalue weighted by atomic mass is 10.0. The molecule has 0 amide bonds. The molecule has 0 aliphatic carbocycles. The van der Waals surface area contributed by atoms with E-state index in [1.165, 1.54) is 0 Å². The average Bonchev–Trinajstić information content (AvgIpc) is 2.71. The fourth-order valence-electron chi connectivity index (χ4n) is 1.88. The molecule has 5 heteroatoms. The molecule has 0 saturated heterocycles. The van der Waals surface area contributed by atoms with Crippen LogP contribution in [0.25, 0.3) is 11.1 Å². The number of aromatic nitrogens is 1. The lowest BCUT2D eigenvalue weighted by molar-refractivity contribution is 0.415. The van der Waals surface area contributed by atoms with Crippen molar-refractivity contribution in [3.8, 4) is 16.9 Å². The number of ether oxygens (including phenoxy) is 1. The number of hydrogen-bond donors (Lipinski definition) is 1. The molecule has 2 rings (SSSR count). The Kier molecular flexibility index (Phi) is 3.77. The highest BCUT2D eigenvalue weighted by Gasteiger charge is 2.16. The molecule has 1 heterocycles. The molecule has 1 aromatic carbocycles. The van der Waals surface area contributed by atoms with Crippen molar-refractivity contribution in [1.29, 1.82) is 0 Å². The molecule has 96 valence electrons. The number of aryl methyl sites for hydroxylation is 1. The summed E-state index contributed by atoms with van der Waals surface area (Å²) in [5.74, 6) is 0.951. The minimum Gasteiger partial charge on any atom is -0.495 e. The SMILES string of the molecule is CCCc1noc(N)c1-c1ccc(OC)c(Cl)c1. The molecule has 2 N–H and O–H groups in total. The molecule has 4 nitrogen and oxygen atoms in total. The predicted molar refractivity (Wildman–Crippen MR) is 71.9 cm³/mol. The molecule has 0 aliphatic rings. The van der Waals surface area contributed by atoms with Crippen LogP contribution in [0.5, 0.6) is 5.75 Å². The van der Waals surface area contributed by atoms with Crippen LogP contribution in [0.15, 0.2) is 22.7 Å². The van der Waals surface area contributed by atoms with Crippen molar-refractivity contribution >= 4 is 17.5 Å². The molecule has 0 saturated carbocycles. The molecular formula is C13H15ClN2O2. The number of nitrogens with zero attached hydrogens (tertiary/aromatic N) is 1. The summed E-state index contributed by atoms with van der Waals surface area (Å²) < 4.78 is 10.2. The third kappa shape index (κ3) is 2.29. The molecule has 0 unspecified atom stereocenters. The van der Waals surface area contributed by atoms with Gasteiger partial charge in [0.2, 0.25) is 5.88 Å². The Morgan fingerprint density at radius 1 is 1.44 bits per heavy atom. The second-order valence-corrected chi connectivity index (χ2v) is 4.38. The summed E-state index contributed by atoms with van der Waals surface area (Å²) in [6.45, 7) is 2.08. The third-order valence-electron chi connectivity index (χ3n) is 2.72. The molecule has 0 spiro atoms. The number of rotatable bonds is 4. The maximum atomic E-state index is 6.11. The molecule has 18 heavy (non-hydrogen) atoms. The first kappa shape index (κ1) is 12.8. The number of benzene rings is 1. The van der Waals surface area contributed by atoms with Crippen LogP contribution >= 0.6 is 11.6 Å². The molecule has 0 bridgehead atoms. The van der Waals surface area contributed by atoms with E-state index < -0.39 is 0 Å². The van der Waals surface area contributed by atoms with Crippen LogP contribution in [0.4, 0.5) is 5.88 Å². The molecule has 0 fully saturated rings. The summed E-state index contributed by atoms with van der Waals surface area (Å²) >= 11 is 6.11. The summed E-state index contributed by atoms with van der Waals surface area (Å²) in [6.07, 6.45) is 1.79. The summed E-state index contributed by atoms with van der Waals surface area (Å²) in [5, 5.41) is 4.52. The van der Waals surface area contributed by atoms with Gasteiger partial charge in [-0.2, -0.15) is 0 Å². The number of hydrogen-bond acceptors (Lipinski definition) is 4. The summed E-state index contributed by atoms with van der Waals surface area (Å²) in [4.78, 5) is 0. The van der Waals surface area contributed by atoms with Crippen molar-refractivity contribution in [2.45, 2.75) is 19.8 Å². The topological polar surface area (TPSA) is 61.3 Å². The normalized spacial score (nSPS) is 10.6. The van der Waals surface area contributed by atoms with Crippen LogP contribution in [0.1, 0.15) is 19.0 Å². The second kappa shape index (κ2) is 5.31. The van der Waals surface area contributed by atoms with E-state index in [0.717, 1.165) is 29.7 Å². The number of nitrogen functional groups attached to an aromatic ring is 1. The Hall–Kier alpha value is -1.68. The van der Waals surface area contributed by atoms with Crippen molar-refractivity contribution in [3.63, 3.8) is 0 Å². The van der Waals surface area contributed by atoms with Crippen LogP contribution < -0.4 is 10.5 Å². The van der Waals surface area contributed by atoms with Gasteiger partial charge in [0.15, 0.2) is 0 Å².